The van der Waals surface area contributed by atoms with Crippen molar-refractivity contribution in [2.45, 2.75) is 58.1 Å². The lowest BCUT2D eigenvalue weighted by Crippen LogP contribution is -2.41. The summed E-state index contributed by atoms with van der Waals surface area (Å²) in [7, 11) is 1.58. The molecule has 1 saturated heterocycles. The zero-order chi connectivity index (χ0) is 24.3. The van der Waals surface area contributed by atoms with Crippen molar-refractivity contribution >= 4 is 40.9 Å². The van der Waals surface area contributed by atoms with Crippen LogP contribution in [0.2, 0.25) is 10.0 Å². The summed E-state index contributed by atoms with van der Waals surface area (Å²) in [6.07, 6.45) is 2.25. The molecule has 10 heteroatoms. The molecule has 3 rings (SSSR count). The average Bonchev–Trinajstić information content (AvgIpc) is 2.74. The minimum Gasteiger partial charge on any atom is -0.378 e. The summed E-state index contributed by atoms with van der Waals surface area (Å²) in [5, 5.41) is 5.82. The Hall–Kier alpha value is -2.55. The van der Waals surface area contributed by atoms with Crippen LogP contribution >= 0.6 is 23.2 Å². The van der Waals surface area contributed by atoms with Crippen LogP contribution in [0.5, 0.6) is 0 Å². The molecule has 0 bridgehead atoms. The van der Waals surface area contributed by atoms with Crippen LogP contribution in [0.3, 0.4) is 0 Å². The maximum absolute atomic E-state index is 13.0. The van der Waals surface area contributed by atoms with E-state index in [9.17, 15) is 14.4 Å². The van der Waals surface area contributed by atoms with E-state index < -0.39 is 17.2 Å². The lowest BCUT2D eigenvalue weighted by molar-refractivity contribution is -0.134. The first-order valence-corrected chi connectivity index (χ1v) is 11.2. The molecular formula is C23H26Cl2N4O4. The van der Waals surface area contributed by atoms with E-state index in [1.165, 1.54) is 0 Å². The van der Waals surface area contributed by atoms with Gasteiger partial charge in [0.2, 0.25) is 17.7 Å². The molecule has 0 aliphatic carbocycles. The first-order valence-electron chi connectivity index (χ1n) is 10.5. The van der Waals surface area contributed by atoms with Gasteiger partial charge in [0.15, 0.2) is 0 Å². The summed E-state index contributed by atoms with van der Waals surface area (Å²) in [6, 6.07) is 3.33. The fourth-order valence-corrected chi connectivity index (χ4v) is 4.40. The van der Waals surface area contributed by atoms with Crippen LogP contribution in [0.4, 0.5) is 0 Å². The first-order chi connectivity index (χ1) is 15.5. The summed E-state index contributed by atoms with van der Waals surface area (Å²) in [4.78, 5) is 45.5. The zero-order valence-electron chi connectivity index (χ0n) is 18.9. The molecule has 33 heavy (non-hydrogen) atoms. The number of aryl methyl sites for hydroxylation is 1. The van der Waals surface area contributed by atoms with E-state index in [0.29, 0.717) is 40.0 Å². The van der Waals surface area contributed by atoms with Crippen LogP contribution < -0.4 is 10.6 Å². The van der Waals surface area contributed by atoms with E-state index in [4.69, 9.17) is 27.9 Å². The van der Waals surface area contributed by atoms with Crippen molar-refractivity contribution in [3.63, 3.8) is 0 Å². The topological polar surface area (TPSA) is 110 Å². The van der Waals surface area contributed by atoms with E-state index in [-0.39, 0.29) is 24.8 Å². The number of hydrogen-bond acceptors (Lipinski definition) is 6. The lowest BCUT2D eigenvalue weighted by Gasteiger charge is -2.24. The lowest BCUT2D eigenvalue weighted by atomic mass is 9.89. The number of halogens is 2. The largest absolute Gasteiger partial charge is 0.378 e. The van der Waals surface area contributed by atoms with Gasteiger partial charge in [-0.05, 0) is 50.5 Å². The number of nitrogens with zero attached hydrogens (tertiary/aromatic N) is 2. The number of benzene rings is 1. The predicted molar refractivity (Wildman–Crippen MR) is 124 cm³/mol. The number of nitrogens with one attached hydrogen (secondary N) is 2. The van der Waals surface area contributed by atoms with Gasteiger partial charge in [-0.3, -0.25) is 19.7 Å². The van der Waals surface area contributed by atoms with E-state index in [1.54, 1.807) is 39.3 Å². The quantitative estimate of drug-likeness (QED) is 0.573. The van der Waals surface area contributed by atoms with Crippen molar-refractivity contribution in [2.24, 2.45) is 0 Å². The number of hydrogen-bond donors (Lipinski definition) is 2. The highest BCUT2D eigenvalue weighted by Gasteiger charge is 2.34. The first kappa shape index (κ1) is 25.1. The molecule has 1 aromatic heterocycles. The highest BCUT2D eigenvalue weighted by Crippen LogP contribution is 2.37. The summed E-state index contributed by atoms with van der Waals surface area (Å²) in [5.74, 6) is -1.19. The van der Waals surface area contributed by atoms with Crippen molar-refractivity contribution in [3.8, 4) is 0 Å². The van der Waals surface area contributed by atoms with Crippen LogP contribution in [0, 0.1) is 6.92 Å². The molecule has 1 fully saturated rings. The maximum Gasteiger partial charge on any atom is 0.234 e. The molecule has 3 amide bonds. The van der Waals surface area contributed by atoms with Crippen molar-refractivity contribution in [2.75, 3.05) is 7.11 Å². The van der Waals surface area contributed by atoms with E-state index in [2.05, 4.69) is 20.6 Å². The van der Waals surface area contributed by atoms with Gasteiger partial charge in [-0.25, -0.2) is 9.97 Å². The minimum atomic E-state index is -0.990. The molecule has 1 aliphatic rings. The number of rotatable bonds is 7. The van der Waals surface area contributed by atoms with Crippen molar-refractivity contribution in [1.29, 1.82) is 0 Å². The van der Waals surface area contributed by atoms with E-state index in [1.807, 2.05) is 6.92 Å². The minimum absolute atomic E-state index is 0.175. The molecule has 1 atom stereocenters. The Balaban J connectivity index is 1.74. The van der Waals surface area contributed by atoms with Crippen molar-refractivity contribution < 1.29 is 19.1 Å². The van der Waals surface area contributed by atoms with Crippen LogP contribution in [-0.4, -0.2) is 34.8 Å². The maximum atomic E-state index is 13.0. The Labute approximate surface area is 202 Å². The number of carbonyl (C=O) groups is 3. The molecule has 176 valence electrons. The van der Waals surface area contributed by atoms with Crippen LogP contribution in [0.25, 0.3) is 0 Å². The van der Waals surface area contributed by atoms with Crippen LogP contribution in [0.15, 0.2) is 18.3 Å². The van der Waals surface area contributed by atoms with Crippen LogP contribution in [0.1, 0.15) is 60.8 Å². The van der Waals surface area contributed by atoms with Gasteiger partial charge >= 0.3 is 0 Å². The summed E-state index contributed by atoms with van der Waals surface area (Å²) in [5.41, 5.74) is 1.78. The van der Waals surface area contributed by atoms with Gasteiger partial charge in [0.1, 0.15) is 11.2 Å². The van der Waals surface area contributed by atoms with Crippen molar-refractivity contribution in [3.05, 3.63) is 56.6 Å². The van der Waals surface area contributed by atoms with Gasteiger partial charge in [-0.15, -0.1) is 0 Å². The number of piperidine rings is 1. The number of methoxy groups -OCH3 is 1. The fourth-order valence-electron chi connectivity index (χ4n) is 3.61. The Bertz CT molecular complexity index is 1080. The SMILES string of the molecule is COCc1nc(C(C)(C)C(=O)NCc2cc(Cl)c(C3CCC(=O)NC3=O)c(Cl)c2)ncc1C. The van der Waals surface area contributed by atoms with Gasteiger partial charge in [0.25, 0.3) is 0 Å². The Kier molecular flexibility index (Phi) is 7.72. The Morgan fingerprint density at radius 3 is 2.55 bits per heavy atom. The number of aromatic nitrogens is 2. The fraction of sp³-hybridized carbons (Fsp3) is 0.435. The monoisotopic (exact) mass is 492 g/mol. The smallest absolute Gasteiger partial charge is 0.234 e. The molecule has 2 N–H and O–H groups in total. The summed E-state index contributed by atoms with van der Waals surface area (Å²) < 4.78 is 5.17. The molecule has 1 unspecified atom stereocenters. The zero-order valence-corrected chi connectivity index (χ0v) is 20.4. The molecule has 2 heterocycles. The molecule has 2 aromatic rings. The van der Waals surface area contributed by atoms with Gasteiger partial charge in [0, 0.05) is 41.9 Å². The number of ether oxygens (including phenoxy) is 1. The molecule has 0 spiro atoms. The standard InChI is InChI=1S/C23H26Cl2N4O4/c1-12-9-26-21(28-17(12)11-33-4)23(2,3)22(32)27-10-13-7-15(24)19(16(25)8-13)14-5-6-18(30)29-20(14)31/h7-9,14H,5-6,10-11H2,1-4H3,(H,27,32)(H,29,30,31). The highest BCUT2D eigenvalue weighted by atomic mass is 35.5. The second-order valence-corrected chi connectivity index (χ2v) is 9.36. The van der Waals surface area contributed by atoms with Gasteiger partial charge in [-0.2, -0.15) is 0 Å². The summed E-state index contributed by atoms with van der Waals surface area (Å²) in [6.45, 7) is 5.88. The molecular weight excluding hydrogens is 467 g/mol. The normalized spacial score (nSPS) is 16.5. The number of imide groups is 1. The molecule has 1 aliphatic heterocycles. The molecule has 8 nitrogen and oxygen atoms in total. The summed E-state index contributed by atoms with van der Waals surface area (Å²) >= 11 is 12.9. The number of carbonyl (C=O) groups excluding carboxylic acids is 3. The highest BCUT2D eigenvalue weighted by molar-refractivity contribution is 6.36. The number of amides is 3. The third-order valence-electron chi connectivity index (χ3n) is 5.66. The van der Waals surface area contributed by atoms with Crippen LogP contribution in [-0.2, 0) is 37.7 Å². The van der Waals surface area contributed by atoms with Gasteiger partial charge in [0.05, 0.1) is 18.2 Å². The second-order valence-electron chi connectivity index (χ2n) is 8.54. The molecule has 0 radical (unpaired) electrons. The Morgan fingerprint density at radius 1 is 1.27 bits per heavy atom. The van der Waals surface area contributed by atoms with Gasteiger partial charge < -0.3 is 10.1 Å². The third-order valence-corrected chi connectivity index (χ3v) is 6.29. The van der Waals surface area contributed by atoms with E-state index in [0.717, 1.165) is 11.3 Å². The average molecular weight is 493 g/mol. The predicted octanol–water partition coefficient (Wildman–Crippen LogP) is 3.35. The van der Waals surface area contributed by atoms with E-state index >= 15 is 0 Å². The molecule has 1 aromatic carbocycles. The van der Waals surface area contributed by atoms with Crippen molar-refractivity contribution in [1.82, 2.24) is 20.6 Å². The van der Waals surface area contributed by atoms with Gasteiger partial charge in [-0.1, -0.05) is 23.2 Å². The molecule has 0 saturated carbocycles. The third kappa shape index (κ3) is 5.51. The Morgan fingerprint density at radius 2 is 1.94 bits per heavy atom. The second kappa shape index (κ2) is 10.2.